The predicted octanol–water partition coefficient (Wildman–Crippen LogP) is 3.39. The van der Waals surface area contributed by atoms with Gasteiger partial charge in [0.25, 0.3) is 11.9 Å². The monoisotopic (exact) mass is 458 g/mol. The fourth-order valence-electron chi connectivity index (χ4n) is 2.70. The molecule has 3 heterocycles. The summed E-state index contributed by atoms with van der Waals surface area (Å²) in [6, 6.07) is 5.04. The molecule has 0 bridgehead atoms. The van der Waals surface area contributed by atoms with Gasteiger partial charge in [-0.05, 0) is 19.1 Å². The molecular weight excluding hydrogens is 432 g/mol. The number of nitrogens with one attached hydrogen (secondary N) is 1. The van der Waals surface area contributed by atoms with E-state index in [-0.39, 0.29) is 35.2 Å². The maximum atomic E-state index is 12.8. The molecule has 170 valence electrons. The summed E-state index contributed by atoms with van der Waals surface area (Å²) < 4.78 is 26.9. The second kappa shape index (κ2) is 9.26. The van der Waals surface area contributed by atoms with Crippen LogP contribution < -0.4 is 29.6 Å². The lowest BCUT2D eigenvalue weighted by Gasteiger charge is -2.17. The second-order valence-corrected chi connectivity index (χ2v) is 12.9. The van der Waals surface area contributed by atoms with Crippen molar-refractivity contribution in [1.82, 2.24) is 15.0 Å². The molecule has 0 saturated heterocycles. The molecule has 0 aliphatic heterocycles. The third-order valence-corrected chi connectivity index (χ3v) is 6.28. The first kappa shape index (κ1) is 23.1. The molecule has 0 atom stereocenters. The molecule has 3 aromatic rings. The molecule has 1 N–H and O–H groups in total. The van der Waals surface area contributed by atoms with Crippen LogP contribution in [0.2, 0.25) is 19.6 Å². The molecule has 0 saturated carbocycles. The summed E-state index contributed by atoms with van der Waals surface area (Å²) in [6.45, 7) is 8.51. The molecule has 0 radical (unpaired) electrons. The van der Waals surface area contributed by atoms with Gasteiger partial charge in [0.1, 0.15) is 13.8 Å². The van der Waals surface area contributed by atoms with Gasteiger partial charge in [-0.15, -0.1) is 0 Å². The number of rotatable bonds is 8. The molecule has 11 heteroatoms. The molecule has 3 aromatic heterocycles. The number of aryl methyl sites for hydroxylation is 1. The summed E-state index contributed by atoms with van der Waals surface area (Å²) in [5.74, 6) is 0.436. The van der Waals surface area contributed by atoms with Gasteiger partial charge in [-0.25, -0.2) is 0 Å². The molecule has 3 rings (SSSR count). The van der Waals surface area contributed by atoms with Crippen molar-refractivity contribution in [3.05, 3.63) is 35.7 Å². The van der Waals surface area contributed by atoms with Crippen LogP contribution in [0.25, 0.3) is 0 Å². The fourth-order valence-corrected chi connectivity index (χ4v) is 3.72. The normalized spacial score (nSPS) is 11.1. The van der Waals surface area contributed by atoms with E-state index >= 15 is 0 Å². The summed E-state index contributed by atoms with van der Waals surface area (Å²) in [6.07, 6.45) is 1.78. The Bertz CT molecular complexity index is 1100. The van der Waals surface area contributed by atoms with Gasteiger partial charge in [-0.1, -0.05) is 19.6 Å². The Morgan fingerprint density at radius 2 is 1.69 bits per heavy atom. The second-order valence-electron chi connectivity index (χ2n) is 7.86. The highest BCUT2D eigenvalue weighted by molar-refractivity contribution is 6.88. The van der Waals surface area contributed by atoms with Crippen molar-refractivity contribution < 1.29 is 28.2 Å². The topological polar surface area (TPSA) is 118 Å². The van der Waals surface area contributed by atoms with Crippen LogP contribution in [0.1, 0.15) is 16.1 Å². The lowest BCUT2D eigenvalue weighted by Crippen LogP contribution is -2.39. The van der Waals surface area contributed by atoms with E-state index < -0.39 is 14.0 Å². The van der Waals surface area contributed by atoms with Crippen LogP contribution in [0.3, 0.4) is 0 Å². The van der Waals surface area contributed by atoms with E-state index in [0.29, 0.717) is 5.75 Å². The third kappa shape index (κ3) is 4.99. The summed E-state index contributed by atoms with van der Waals surface area (Å²) in [5.41, 5.74) is 1.00. The molecule has 0 spiro atoms. The first-order valence-electron chi connectivity index (χ1n) is 9.76. The van der Waals surface area contributed by atoms with Gasteiger partial charge >= 0.3 is 6.01 Å². The average molecular weight is 459 g/mol. The number of ether oxygens (including phenoxy) is 4. The van der Waals surface area contributed by atoms with Crippen LogP contribution in [0.15, 0.2) is 28.8 Å². The Kier molecular flexibility index (Phi) is 6.68. The lowest BCUT2D eigenvalue weighted by atomic mass is 10.3. The van der Waals surface area contributed by atoms with E-state index in [1.54, 1.807) is 12.3 Å². The van der Waals surface area contributed by atoms with Gasteiger partial charge in [0, 0.05) is 23.1 Å². The predicted molar refractivity (Wildman–Crippen MR) is 120 cm³/mol. The number of pyridine rings is 1. The molecule has 0 aliphatic carbocycles. The third-order valence-electron chi connectivity index (χ3n) is 4.47. The van der Waals surface area contributed by atoms with Crippen LogP contribution >= 0.6 is 0 Å². The van der Waals surface area contributed by atoms with Gasteiger partial charge in [-0.2, -0.15) is 9.97 Å². The largest absolute Gasteiger partial charge is 0.479 e. The van der Waals surface area contributed by atoms with Crippen molar-refractivity contribution in [3.63, 3.8) is 0 Å². The number of furan rings is 1. The minimum atomic E-state index is -1.62. The number of anilines is 1. The van der Waals surface area contributed by atoms with Crippen molar-refractivity contribution in [1.29, 1.82) is 0 Å². The van der Waals surface area contributed by atoms with Crippen molar-refractivity contribution in [3.8, 4) is 29.5 Å². The summed E-state index contributed by atoms with van der Waals surface area (Å²) in [4.78, 5) is 25.4. The standard InChI is InChI=1S/C21H26N4O6Si/c1-12-11-22-15(32(5,6)7)10-14(12)31-16-9-8-13(30-16)18(26)23-17-19(27-2)24-21(29-4)25-20(17)28-3/h8-11H,1-7H3,(H,23,26). The van der Waals surface area contributed by atoms with E-state index in [0.717, 1.165) is 10.9 Å². The number of hydrogen-bond donors (Lipinski definition) is 1. The number of amides is 1. The Labute approximate surface area is 186 Å². The van der Waals surface area contributed by atoms with Crippen molar-refractivity contribution in [2.24, 2.45) is 0 Å². The zero-order valence-corrected chi connectivity index (χ0v) is 20.1. The maximum Gasteiger partial charge on any atom is 0.322 e. The summed E-state index contributed by atoms with van der Waals surface area (Å²) in [7, 11) is 2.60. The van der Waals surface area contributed by atoms with Crippen molar-refractivity contribution in [2.75, 3.05) is 26.6 Å². The highest BCUT2D eigenvalue weighted by atomic mass is 28.3. The minimum Gasteiger partial charge on any atom is -0.479 e. The molecule has 0 fully saturated rings. The number of aromatic nitrogens is 3. The Hall–Kier alpha value is -3.60. The maximum absolute atomic E-state index is 12.8. The van der Waals surface area contributed by atoms with Gasteiger partial charge in [0.2, 0.25) is 11.8 Å². The molecule has 0 aromatic carbocycles. The van der Waals surface area contributed by atoms with Crippen molar-refractivity contribution in [2.45, 2.75) is 26.6 Å². The van der Waals surface area contributed by atoms with Gasteiger partial charge in [-0.3, -0.25) is 9.78 Å². The molecule has 0 aliphatic rings. The van der Waals surface area contributed by atoms with Gasteiger partial charge in [0.05, 0.1) is 21.3 Å². The highest BCUT2D eigenvalue weighted by Crippen LogP contribution is 2.34. The SMILES string of the molecule is COc1nc(OC)c(NC(=O)c2ccc(Oc3cc([Si](C)(C)C)ncc3C)o2)c(OC)n1. The first-order valence-corrected chi connectivity index (χ1v) is 13.3. The number of carbonyl (C=O) groups excluding carboxylic acids is 1. The van der Waals surface area contributed by atoms with Crippen LogP contribution in [0, 0.1) is 6.92 Å². The zero-order chi connectivity index (χ0) is 23.5. The molecular formula is C21H26N4O6Si. The van der Waals surface area contributed by atoms with Crippen LogP contribution in [-0.2, 0) is 0 Å². The van der Waals surface area contributed by atoms with E-state index in [4.69, 9.17) is 23.4 Å². The van der Waals surface area contributed by atoms with E-state index in [2.05, 4.69) is 39.9 Å². The van der Waals surface area contributed by atoms with Gasteiger partial charge in [0.15, 0.2) is 11.4 Å². The van der Waals surface area contributed by atoms with E-state index in [1.807, 2.05) is 13.0 Å². The Balaban J connectivity index is 1.82. The van der Waals surface area contributed by atoms with Gasteiger partial charge < -0.3 is 28.7 Å². The summed E-state index contributed by atoms with van der Waals surface area (Å²) >= 11 is 0. The smallest absolute Gasteiger partial charge is 0.322 e. The molecule has 10 nitrogen and oxygen atoms in total. The minimum absolute atomic E-state index is 0.0250. The van der Waals surface area contributed by atoms with Crippen LogP contribution in [0.5, 0.6) is 29.5 Å². The van der Waals surface area contributed by atoms with Crippen LogP contribution in [-0.4, -0.2) is 50.3 Å². The fraction of sp³-hybridized carbons (Fsp3) is 0.333. The van der Waals surface area contributed by atoms with E-state index in [9.17, 15) is 4.79 Å². The highest BCUT2D eigenvalue weighted by Gasteiger charge is 2.23. The Morgan fingerprint density at radius 3 is 2.25 bits per heavy atom. The number of hydrogen-bond acceptors (Lipinski definition) is 9. The molecule has 1 amide bonds. The summed E-state index contributed by atoms with van der Waals surface area (Å²) in [5, 5.41) is 3.66. The average Bonchev–Trinajstić information content (AvgIpc) is 3.23. The first-order chi connectivity index (χ1) is 15.2. The van der Waals surface area contributed by atoms with Crippen LogP contribution in [0.4, 0.5) is 5.69 Å². The number of nitrogens with zero attached hydrogens (tertiary/aromatic N) is 3. The van der Waals surface area contributed by atoms with E-state index in [1.165, 1.54) is 27.4 Å². The lowest BCUT2D eigenvalue weighted by molar-refractivity contribution is 0.0990. The Morgan fingerprint density at radius 1 is 1.03 bits per heavy atom. The number of carbonyl (C=O) groups is 1. The quantitative estimate of drug-likeness (QED) is 0.507. The molecule has 32 heavy (non-hydrogen) atoms. The molecule has 0 unspecified atom stereocenters. The number of methoxy groups -OCH3 is 3. The van der Waals surface area contributed by atoms with Crippen molar-refractivity contribution >= 4 is 25.0 Å². The zero-order valence-electron chi connectivity index (χ0n) is 19.1.